The molecule has 3 aromatic rings. The second-order valence-corrected chi connectivity index (χ2v) is 7.03. The fraction of sp³-hybridized carbons (Fsp3) is 0.200. The second-order valence-electron chi connectivity index (χ2n) is 6.09. The lowest BCUT2D eigenvalue weighted by Gasteiger charge is -2.10. The number of nitrogens with one attached hydrogen (secondary N) is 1. The lowest BCUT2D eigenvalue weighted by atomic mass is 10.1. The summed E-state index contributed by atoms with van der Waals surface area (Å²) in [5.41, 5.74) is 2.45. The van der Waals surface area contributed by atoms with Crippen LogP contribution >= 0.6 is 11.8 Å². The van der Waals surface area contributed by atoms with Crippen LogP contribution in [0.1, 0.15) is 22.8 Å². The minimum Gasteiger partial charge on any atom is -0.478 e. The molecule has 0 fully saturated rings. The number of carbonyl (C=O) groups is 2. The Bertz CT molecular complexity index is 1000. The van der Waals surface area contributed by atoms with Crippen LogP contribution in [0.15, 0.2) is 53.7 Å². The molecule has 0 bridgehead atoms. The number of amides is 1. The van der Waals surface area contributed by atoms with Crippen molar-refractivity contribution in [1.82, 2.24) is 14.8 Å². The van der Waals surface area contributed by atoms with Gasteiger partial charge in [-0.1, -0.05) is 42.1 Å². The number of nitrogens with zero attached hydrogens (tertiary/aromatic N) is 3. The van der Waals surface area contributed by atoms with Crippen molar-refractivity contribution in [2.24, 2.45) is 0 Å². The van der Waals surface area contributed by atoms with Crippen LogP contribution < -0.4 is 5.32 Å². The number of carboxylic acid groups (broad SMARTS) is 1. The summed E-state index contributed by atoms with van der Waals surface area (Å²) >= 11 is 1.31. The molecule has 28 heavy (non-hydrogen) atoms. The van der Waals surface area contributed by atoms with Gasteiger partial charge in [-0.05, 0) is 37.6 Å². The highest BCUT2D eigenvalue weighted by molar-refractivity contribution is 7.99. The van der Waals surface area contributed by atoms with E-state index >= 15 is 0 Å². The Hall–Kier alpha value is -3.13. The Morgan fingerprint density at radius 2 is 1.89 bits per heavy atom. The molecular formula is C20H20N4O3S. The lowest BCUT2D eigenvalue weighted by molar-refractivity contribution is -0.113. The number of aromatic nitrogens is 3. The van der Waals surface area contributed by atoms with Crippen LogP contribution in [0.5, 0.6) is 0 Å². The fourth-order valence-electron chi connectivity index (χ4n) is 2.73. The number of benzene rings is 2. The van der Waals surface area contributed by atoms with Crippen molar-refractivity contribution in [3.8, 4) is 11.4 Å². The van der Waals surface area contributed by atoms with E-state index in [9.17, 15) is 9.59 Å². The Balaban J connectivity index is 1.67. The molecule has 0 atom stereocenters. The minimum absolute atomic E-state index is 0.174. The van der Waals surface area contributed by atoms with Crippen molar-refractivity contribution in [2.45, 2.75) is 25.5 Å². The van der Waals surface area contributed by atoms with Crippen LogP contribution in [-0.4, -0.2) is 37.5 Å². The van der Waals surface area contributed by atoms with Crippen molar-refractivity contribution in [3.63, 3.8) is 0 Å². The van der Waals surface area contributed by atoms with Gasteiger partial charge in [0.15, 0.2) is 11.0 Å². The van der Waals surface area contributed by atoms with Crippen LogP contribution in [0, 0.1) is 6.92 Å². The summed E-state index contributed by atoms with van der Waals surface area (Å²) in [7, 11) is 0. The van der Waals surface area contributed by atoms with Crippen LogP contribution in [0.3, 0.4) is 0 Å². The summed E-state index contributed by atoms with van der Waals surface area (Å²) < 4.78 is 1.97. The number of thioether (sulfide) groups is 1. The number of carbonyl (C=O) groups excluding carboxylic acids is 1. The second kappa shape index (κ2) is 8.71. The van der Waals surface area contributed by atoms with Crippen molar-refractivity contribution in [1.29, 1.82) is 0 Å². The average molecular weight is 396 g/mol. The molecule has 0 saturated heterocycles. The molecule has 1 amide bonds. The summed E-state index contributed by atoms with van der Waals surface area (Å²) in [6.07, 6.45) is 0. The smallest absolute Gasteiger partial charge is 0.335 e. The highest BCUT2D eigenvalue weighted by atomic mass is 32.2. The molecule has 0 saturated carbocycles. The number of rotatable bonds is 7. The number of aromatic carboxylic acids is 1. The molecule has 144 valence electrons. The summed E-state index contributed by atoms with van der Waals surface area (Å²) in [4.78, 5) is 23.3. The maximum atomic E-state index is 12.3. The molecule has 0 aliphatic heterocycles. The number of anilines is 1. The molecular weight excluding hydrogens is 376 g/mol. The van der Waals surface area contributed by atoms with Gasteiger partial charge in [0, 0.05) is 17.8 Å². The van der Waals surface area contributed by atoms with Crippen molar-refractivity contribution < 1.29 is 14.7 Å². The van der Waals surface area contributed by atoms with Crippen LogP contribution in [0.4, 0.5) is 5.69 Å². The SMILES string of the molecule is CCn1c(SCC(=O)Nc2ccc(C(=O)O)cc2C)nnc1-c1ccccc1. The quantitative estimate of drug-likeness (QED) is 0.591. The van der Waals surface area contributed by atoms with Gasteiger partial charge >= 0.3 is 5.97 Å². The van der Waals surface area contributed by atoms with Crippen LogP contribution in [-0.2, 0) is 11.3 Å². The molecule has 7 nitrogen and oxygen atoms in total. The molecule has 0 spiro atoms. The average Bonchev–Trinajstić information content (AvgIpc) is 3.11. The maximum absolute atomic E-state index is 12.3. The number of aryl methyl sites for hydroxylation is 1. The third-order valence-electron chi connectivity index (χ3n) is 4.14. The molecule has 1 aromatic heterocycles. The fourth-order valence-corrected chi connectivity index (χ4v) is 3.54. The molecule has 3 rings (SSSR count). The molecule has 0 aliphatic rings. The summed E-state index contributed by atoms with van der Waals surface area (Å²) in [5.74, 6) is -0.244. The Kier molecular flexibility index (Phi) is 6.10. The van der Waals surface area contributed by atoms with Gasteiger partial charge in [-0.25, -0.2) is 4.79 Å². The molecule has 0 unspecified atom stereocenters. The van der Waals surface area contributed by atoms with E-state index in [0.717, 1.165) is 11.4 Å². The first-order valence-electron chi connectivity index (χ1n) is 8.74. The third kappa shape index (κ3) is 4.40. The zero-order valence-corrected chi connectivity index (χ0v) is 16.4. The van der Waals surface area contributed by atoms with E-state index in [-0.39, 0.29) is 17.2 Å². The Labute approximate surface area is 166 Å². The van der Waals surface area contributed by atoms with Gasteiger partial charge in [0.2, 0.25) is 5.91 Å². The maximum Gasteiger partial charge on any atom is 0.335 e. The van der Waals surface area contributed by atoms with E-state index < -0.39 is 5.97 Å². The zero-order valence-electron chi connectivity index (χ0n) is 15.5. The van der Waals surface area contributed by atoms with E-state index in [0.29, 0.717) is 23.0 Å². The molecule has 0 radical (unpaired) electrons. The van der Waals surface area contributed by atoms with Gasteiger partial charge in [-0.15, -0.1) is 10.2 Å². The van der Waals surface area contributed by atoms with Gasteiger partial charge in [-0.2, -0.15) is 0 Å². The number of carboxylic acids is 1. The van der Waals surface area contributed by atoms with Crippen molar-refractivity contribution in [2.75, 3.05) is 11.1 Å². The standard InChI is InChI=1S/C20H20N4O3S/c1-3-24-18(14-7-5-4-6-8-14)22-23-20(24)28-12-17(25)21-16-10-9-15(19(26)27)11-13(16)2/h4-11H,3,12H2,1-2H3,(H,21,25)(H,26,27). The van der Waals surface area contributed by atoms with Gasteiger partial charge < -0.3 is 15.0 Å². The third-order valence-corrected chi connectivity index (χ3v) is 5.11. The largest absolute Gasteiger partial charge is 0.478 e. The highest BCUT2D eigenvalue weighted by Gasteiger charge is 2.15. The predicted octanol–water partition coefficient (Wildman–Crippen LogP) is 3.70. The predicted molar refractivity (Wildman–Crippen MR) is 109 cm³/mol. The number of hydrogen-bond donors (Lipinski definition) is 2. The van der Waals surface area contributed by atoms with Gasteiger partial charge in [-0.3, -0.25) is 4.79 Å². The summed E-state index contributed by atoms with van der Waals surface area (Å²) in [5, 5.41) is 21.0. The monoisotopic (exact) mass is 396 g/mol. The van der Waals surface area contributed by atoms with E-state index in [2.05, 4.69) is 15.5 Å². The summed E-state index contributed by atoms with van der Waals surface area (Å²) in [6.45, 7) is 4.46. The molecule has 2 N–H and O–H groups in total. The molecule has 0 aliphatic carbocycles. The number of hydrogen-bond acceptors (Lipinski definition) is 5. The van der Waals surface area contributed by atoms with Crippen LogP contribution in [0.2, 0.25) is 0 Å². The van der Waals surface area contributed by atoms with Gasteiger partial charge in [0.1, 0.15) is 0 Å². The van der Waals surface area contributed by atoms with Crippen LogP contribution in [0.25, 0.3) is 11.4 Å². The molecule has 1 heterocycles. The van der Waals surface area contributed by atoms with E-state index in [4.69, 9.17) is 5.11 Å². The van der Waals surface area contributed by atoms with Gasteiger partial charge in [0.05, 0.1) is 11.3 Å². The Morgan fingerprint density at radius 1 is 1.14 bits per heavy atom. The zero-order chi connectivity index (χ0) is 20.1. The highest BCUT2D eigenvalue weighted by Crippen LogP contribution is 2.24. The van der Waals surface area contributed by atoms with E-state index in [1.54, 1.807) is 13.0 Å². The first-order chi connectivity index (χ1) is 13.5. The lowest BCUT2D eigenvalue weighted by Crippen LogP contribution is -2.15. The van der Waals surface area contributed by atoms with Crippen molar-refractivity contribution in [3.05, 3.63) is 59.7 Å². The topological polar surface area (TPSA) is 97.1 Å². The first-order valence-corrected chi connectivity index (χ1v) is 9.73. The molecule has 8 heteroatoms. The van der Waals surface area contributed by atoms with Gasteiger partial charge in [0.25, 0.3) is 0 Å². The van der Waals surface area contributed by atoms with E-state index in [1.165, 1.54) is 23.9 Å². The van der Waals surface area contributed by atoms with Crippen molar-refractivity contribution >= 4 is 29.3 Å². The minimum atomic E-state index is -0.996. The van der Waals surface area contributed by atoms with E-state index in [1.807, 2.05) is 41.8 Å². The Morgan fingerprint density at radius 3 is 2.54 bits per heavy atom. The first kappa shape index (κ1) is 19.6. The molecule has 2 aromatic carbocycles. The normalized spacial score (nSPS) is 10.6. The summed E-state index contributed by atoms with van der Waals surface area (Å²) in [6, 6.07) is 14.4.